The Morgan fingerprint density at radius 2 is 1.50 bits per heavy atom. The second-order valence-corrected chi connectivity index (χ2v) is 9.85. The number of hydrogen-bond donors (Lipinski definition) is 0. The number of anilines is 1. The maximum absolute atomic E-state index is 13.7. The van der Waals surface area contributed by atoms with Crippen molar-refractivity contribution in [1.29, 1.82) is 0 Å². The minimum Gasteiger partial charge on any atom is -0.488 e. The standard InChI is InChI=1S/C33H23BrN2O2/c34-27-18-19-31(38-22-25-14-9-13-23-10-7-8-17-29(23)25)26(20-27)21-30-32(24-11-3-1-4-12-24)35-36(33(30)37)28-15-5-2-6-16-28/h1-21H,22H2/b30-21-. The zero-order valence-corrected chi connectivity index (χ0v) is 22.0. The summed E-state index contributed by atoms with van der Waals surface area (Å²) in [4.78, 5) is 13.7. The van der Waals surface area contributed by atoms with Crippen LogP contribution in [0.3, 0.4) is 0 Å². The van der Waals surface area contributed by atoms with Gasteiger partial charge in [-0.05, 0) is 52.7 Å². The van der Waals surface area contributed by atoms with Crippen molar-refractivity contribution in [3.8, 4) is 5.75 Å². The maximum Gasteiger partial charge on any atom is 0.281 e. The zero-order chi connectivity index (χ0) is 25.9. The Bertz CT molecular complexity index is 1690. The van der Waals surface area contributed by atoms with E-state index in [2.05, 4.69) is 40.2 Å². The van der Waals surface area contributed by atoms with Gasteiger partial charge in [-0.2, -0.15) is 10.1 Å². The van der Waals surface area contributed by atoms with Crippen molar-refractivity contribution in [3.05, 3.63) is 148 Å². The van der Waals surface area contributed by atoms with Crippen molar-refractivity contribution in [3.63, 3.8) is 0 Å². The predicted octanol–water partition coefficient (Wildman–Crippen LogP) is 8.02. The highest BCUT2D eigenvalue weighted by Gasteiger charge is 2.32. The molecule has 0 atom stereocenters. The fourth-order valence-corrected chi connectivity index (χ4v) is 4.97. The summed E-state index contributed by atoms with van der Waals surface area (Å²) >= 11 is 3.59. The molecule has 0 radical (unpaired) electrons. The van der Waals surface area contributed by atoms with E-state index in [1.807, 2.05) is 103 Å². The molecule has 5 heteroatoms. The topological polar surface area (TPSA) is 41.9 Å². The van der Waals surface area contributed by atoms with E-state index in [1.54, 1.807) is 0 Å². The van der Waals surface area contributed by atoms with Crippen molar-refractivity contribution >= 4 is 50.1 Å². The van der Waals surface area contributed by atoms with E-state index in [1.165, 1.54) is 10.4 Å². The first-order valence-corrected chi connectivity index (χ1v) is 13.1. The number of fused-ring (bicyclic) bond motifs is 1. The molecule has 1 amide bonds. The van der Waals surface area contributed by atoms with Gasteiger partial charge in [0.15, 0.2) is 0 Å². The van der Waals surface area contributed by atoms with Crippen LogP contribution in [0.15, 0.2) is 136 Å². The molecule has 5 aromatic rings. The lowest BCUT2D eigenvalue weighted by molar-refractivity contribution is -0.114. The number of benzene rings is 5. The molecule has 6 rings (SSSR count). The molecule has 0 fully saturated rings. The summed E-state index contributed by atoms with van der Waals surface area (Å²) in [5.74, 6) is 0.502. The SMILES string of the molecule is O=C1/C(=C\c2cc(Br)ccc2OCc2cccc3ccccc23)C(c2ccccc2)=NN1c1ccccc1. The minimum absolute atomic E-state index is 0.185. The van der Waals surface area contributed by atoms with Crippen LogP contribution in [0.4, 0.5) is 5.69 Å². The first kappa shape index (κ1) is 23.9. The van der Waals surface area contributed by atoms with Crippen LogP contribution in [0.25, 0.3) is 16.8 Å². The Hall–Kier alpha value is -4.48. The molecule has 4 nitrogen and oxygen atoms in total. The minimum atomic E-state index is -0.185. The number of carbonyl (C=O) groups excluding carboxylic acids is 1. The van der Waals surface area contributed by atoms with Gasteiger partial charge in [0.2, 0.25) is 0 Å². The molecule has 5 aromatic carbocycles. The largest absolute Gasteiger partial charge is 0.488 e. The summed E-state index contributed by atoms with van der Waals surface area (Å²) in [6, 6.07) is 39.6. The van der Waals surface area contributed by atoms with Crippen molar-refractivity contribution in [2.45, 2.75) is 6.61 Å². The van der Waals surface area contributed by atoms with E-state index in [0.717, 1.165) is 32.2 Å². The van der Waals surface area contributed by atoms with Gasteiger partial charge in [-0.15, -0.1) is 0 Å². The van der Waals surface area contributed by atoms with Gasteiger partial charge >= 0.3 is 0 Å². The normalized spacial score (nSPS) is 14.2. The lowest BCUT2D eigenvalue weighted by Gasteiger charge is -2.13. The number of nitrogens with zero attached hydrogens (tertiary/aromatic N) is 2. The number of carbonyl (C=O) groups is 1. The number of rotatable bonds is 6. The Balaban J connectivity index is 1.39. The van der Waals surface area contributed by atoms with Gasteiger partial charge in [0.25, 0.3) is 5.91 Å². The molecular formula is C33H23BrN2O2. The molecular weight excluding hydrogens is 536 g/mol. The summed E-state index contributed by atoms with van der Waals surface area (Å²) in [6.45, 7) is 0.406. The van der Waals surface area contributed by atoms with Crippen LogP contribution in [0.5, 0.6) is 5.75 Å². The van der Waals surface area contributed by atoms with E-state index in [4.69, 9.17) is 9.84 Å². The highest BCUT2D eigenvalue weighted by atomic mass is 79.9. The fraction of sp³-hybridized carbons (Fsp3) is 0.0303. The highest BCUT2D eigenvalue weighted by molar-refractivity contribution is 9.10. The summed E-state index contributed by atoms with van der Waals surface area (Å²) in [5.41, 5.74) is 4.62. The van der Waals surface area contributed by atoms with Crippen molar-refractivity contribution in [1.82, 2.24) is 0 Å². The predicted molar refractivity (Wildman–Crippen MR) is 157 cm³/mol. The molecule has 0 saturated carbocycles. The Morgan fingerprint density at radius 3 is 2.32 bits per heavy atom. The third-order valence-electron chi connectivity index (χ3n) is 6.46. The number of hydrazone groups is 1. The zero-order valence-electron chi connectivity index (χ0n) is 20.4. The Morgan fingerprint density at radius 1 is 0.789 bits per heavy atom. The van der Waals surface area contributed by atoms with Crippen LogP contribution >= 0.6 is 15.9 Å². The molecule has 1 heterocycles. The molecule has 0 spiro atoms. The molecule has 1 aliphatic rings. The lowest BCUT2D eigenvalue weighted by Crippen LogP contribution is -2.21. The van der Waals surface area contributed by atoms with Crippen LogP contribution in [-0.2, 0) is 11.4 Å². The van der Waals surface area contributed by atoms with Crippen LogP contribution in [0.2, 0.25) is 0 Å². The number of hydrogen-bond acceptors (Lipinski definition) is 3. The molecule has 38 heavy (non-hydrogen) atoms. The highest BCUT2D eigenvalue weighted by Crippen LogP contribution is 2.32. The van der Waals surface area contributed by atoms with Gasteiger partial charge in [0, 0.05) is 15.6 Å². The van der Waals surface area contributed by atoms with Crippen LogP contribution in [-0.4, -0.2) is 11.6 Å². The van der Waals surface area contributed by atoms with E-state index in [9.17, 15) is 4.79 Å². The van der Waals surface area contributed by atoms with Crippen molar-refractivity contribution < 1.29 is 9.53 Å². The monoisotopic (exact) mass is 558 g/mol. The summed E-state index contributed by atoms with van der Waals surface area (Å²) in [5, 5.41) is 8.54. The van der Waals surface area contributed by atoms with E-state index in [-0.39, 0.29) is 5.91 Å². The number of para-hydroxylation sites is 1. The lowest BCUT2D eigenvalue weighted by atomic mass is 10.00. The molecule has 0 bridgehead atoms. The first-order valence-electron chi connectivity index (χ1n) is 12.3. The molecule has 0 saturated heterocycles. The smallest absolute Gasteiger partial charge is 0.281 e. The Labute approximate surface area is 229 Å². The third-order valence-corrected chi connectivity index (χ3v) is 6.95. The molecule has 0 unspecified atom stereocenters. The molecule has 1 aliphatic heterocycles. The fourth-order valence-electron chi connectivity index (χ4n) is 4.59. The molecule has 184 valence electrons. The third kappa shape index (κ3) is 4.76. The maximum atomic E-state index is 13.7. The first-order chi connectivity index (χ1) is 18.7. The molecule has 0 aromatic heterocycles. The summed E-state index contributed by atoms with van der Waals surface area (Å²) in [7, 11) is 0. The molecule has 0 aliphatic carbocycles. The van der Waals surface area contributed by atoms with Crippen molar-refractivity contribution in [2.75, 3.05) is 5.01 Å². The number of amides is 1. The Kier molecular flexibility index (Phi) is 6.59. The van der Waals surface area contributed by atoms with Crippen molar-refractivity contribution in [2.24, 2.45) is 5.10 Å². The number of ether oxygens (including phenoxy) is 1. The average Bonchev–Trinajstić information content (AvgIpc) is 3.29. The van der Waals surface area contributed by atoms with Crippen LogP contribution < -0.4 is 9.75 Å². The quantitative estimate of drug-likeness (QED) is 0.198. The van der Waals surface area contributed by atoms with Gasteiger partial charge in [-0.25, -0.2) is 0 Å². The van der Waals surface area contributed by atoms with E-state index in [0.29, 0.717) is 23.6 Å². The number of halogens is 1. The van der Waals surface area contributed by atoms with Gasteiger partial charge in [0.05, 0.1) is 11.3 Å². The van der Waals surface area contributed by atoms with Crippen LogP contribution in [0.1, 0.15) is 16.7 Å². The van der Waals surface area contributed by atoms with E-state index < -0.39 is 0 Å². The van der Waals surface area contributed by atoms with Gasteiger partial charge < -0.3 is 4.74 Å². The van der Waals surface area contributed by atoms with E-state index >= 15 is 0 Å². The van der Waals surface area contributed by atoms with Crippen LogP contribution in [0, 0.1) is 0 Å². The second-order valence-electron chi connectivity index (χ2n) is 8.93. The average molecular weight is 559 g/mol. The molecule has 0 N–H and O–H groups in total. The second kappa shape index (κ2) is 10.5. The summed E-state index contributed by atoms with van der Waals surface area (Å²) in [6.07, 6.45) is 1.88. The summed E-state index contributed by atoms with van der Waals surface area (Å²) < 4.78 is 7.25. The van der Waals surface area contributed by atoms with Gasteiger partial charge in [0.1, 0.15) is 18.1 Å². The van der Waals surface area contributed by atoms with Gasteiger partial charge in [-0.1, -0.05) is 107 Å². The van der Waals surface area contributed by atoms with Gasteiger partial charge in [-0.3, -0.25) is 4.79 Å².